The van der Waals surface area contributed by atoms with Gasteiger partial charge in [0.25, 0.3) is 5.56 Å². The van der Waals surface area contributed by atoms with Crippen molar-refractivity contribution in [2.24, 2.45) is 0 Å². The summed E-state index contributed by atoms with van der Waals surface area (Å²) < 4.78 is 2.72. The monoisotopic (exact) mass is 249 g/mol. The van der Waals surface area contributed by atoms with Crippen LogP contribution in [0.3, 0.4) is 0 Å². The standard InChI is InChI=1S/C10H11N5O3/c16-9-3-1-2-5-14(9)6-4-8-11-12-13-15(8)7-10(17)18/h1-3,5H,4,6-7H2,(H,17,18). The molecule has 18 heavy (non-hydrogen) atoms. The second-order valence-electron chi connectivity index (χ2n) is 3.63. The van der Waals surface area contributed by atoms with E-state index in [4.69, 9.17) is 5.11 Å². The van der Waals surface area contributed by atoms with E-state index < -0.39 is 5.97 Å². The number of nitrogens with zero attached hydrogens (tertiary/aromatic N) is 5. The summed E-state index contributed by atoms with van der Waals surface area (Å²) in [6, 6.07) is 4.87. The number of carboxylic acid groups (broad SMARTS) is 1. The molecule has 0 aliphatic carbocycles. The van der Waals surface area contributed by atoms with E-state index in [-0.39, 0.29) is 12.1 Å². The summed E-state index contributed by atoms with van der Waals surface area (Å²) in [5, 5.41) is 19.4. The van der Waals surface area contributed by atoms with E-state index in [0.29, 0.717) is 18.8 Å². The molecule has 0 saturated carbocycles. The van der Waals surface area contributed by atoms with Gasteiger partial charge in [0, 0.05) is 25.2 Å². The molecule has 0 amide bonds. The third-order valence-corrected chi connectivity index (χ3v) is 2.37. The summed E-state index contributed by atoms with van der Waals surface area (Å²) in [6.07, 6.45) is 2.05. The smallest absolute Gasteiger partial charge is 0.325 e. The van der Waals surface area contributed by atoms with Gasteiger partial charge in [-0.2, -0.15) is 0 Å². The van der Waals surface area contributed by atoms with Gasteiger partial charge in [0.1, 0.15) is 6.54 Å². The van der Waals surface area contributed by atoms with Gasteiger partial charge in [-0.05, 0) is 16.5 Å². The number of pyridine rings is 1. The van der Waals surface area contributed by atoms with E-state index in [1.807, 2.05) is 0 Å². The van der Waals surface area contributed by atoms with Crippen molar-refractivity contribution in [3.8, 4) is 0 Å². The van der Waals surface area contributed by atoms with Gasteiger partial charge < -0.3 is 9.67 Å². The lowest BCUT2D eigenvalue weighted by molar-refractivity contribution is -0.138. The lowest BCUT2D eigenvalue weighted by Crippen LogP contribution is -2.21. The summed E-state index contributed by atoms with van der Waals surface area (Å²) in [5.74, 6) is -0.575. The van der Waals surface area contributed by atoms with Crippen molar-refractivity contribution in [3.05, 3.63) is 40.6 Å². The predicted molar refractivity (Wildman–Crippen MR) is 59.9 cm³/mol. The Morgan fingerprint density at radius 2 is 2.22 bits per heavy atom. The van der Waals surface area contributed by atoms with Gasteiger partial charge in [0.2, 0.25) is 0 Å². The molecule has 0 aliphatic heterocycles. The molecule has 2 heterocycles. The van der Waals surface area contributed by atoms with E-state index in [9.17, 15) is 9.59 Å². The van der Waals surface area contributed by atoms with E-state index in [2.05, 4.69) is 15.5 Å². The Bertz CT molecular complexity index is 603. The molecule has 0 atom stereocenters. The molecule has 0 saturated heterocycles. The summed E-state index contributed by atoms with van der Waals surface area (Å²) in [7, 11) is 0. The van der Waals surface area contributed by atoms with Gasteiger partial charge in [-0.15, -0.1) is 5.10 Å². The number of tetrazole rings is 1. The van der Waals surface area contributed by atoms with Crippen LogP contribution in [0.25, 0.3) is 0 Å². The van der Waals surface area contributed by atoms with Crippen LogP contribution in [-0.2, 0) is 24.3 Å². The van der Waals surface area contributed by atoms with Crippen LogP contribution in [0.5, 0.6) is 0 Å². The molecule has 0 spiro atoms. The van der Waals surface area contributed by atoms with E-state index in [1.165, 1.54) is 15.3 Å². The molecule has 2 aromatic rings. The fourth-order valence-corrected chi connectivity index (χ4v) is 1.52. The van der Waals surface area contributed by atoms with Gasteiger partial charge in [-0.1, -0.05) is 6.07 Å². The highest BCUT2D eigenvalue weighted by molar-refractivity contribution is 5.66. The topological polar surface area (TPSA) is 103 Å². The van der Waals surface area contributed by atoms with Gasteiger partial charge in [-0.3, -0.25) is 9.59 Å². The Morgan fingerprint density at radius 1 is 1.39 bits per heavy atom. The molecule has 2 aromatic heterocycles. The van der Waals surface area contributed by atoms with Crippen LogP contribution < -0.4 is 5.56 Å². The van der Waals surface area contributed by atoms with Crippen LogP contribution in [0.15, 0.2) is 29.2 Å². The van der Waals surface area contributed by atoms with Crippen molar-refractivity contribution >= 4 is 5.97 Å². The SMILES string of the molecule is O=C(O)Cn1nnnc1CCn1ccccc1=O. The summed E-state index contributed by atoms with van der Waals surface area (Å²) >= 11 is 0. The number of hydrogen-bond acceptors (Lipinski definition) is 5. The highest BCUT2D eigenvalue weighted by Gasteiger charge is 2.09. The first kappa shape index (κ1) is 12.0. The van der Waals surface area contributed by atoms with Gasteiger partial charge in [-0.25, -0.2) is 4.68 Å². The van der Waals surface area contributed by atoms with Crippen LogP contribution in [0.1, 0.15) is 5.82 Å². The Hall–Kier alpha value is -2.51. The number of carboxylic acids is 1. The van der Waals surface area contributed by atoms with Crippen molar-refractivity contribution in [2.75, 3.05) is 0 Å². The first-order chi connectivity index (χ1) is 8.66. The Labute approximate surface area is 101 Å². The van der Waals surface area contributed by atoms with E-state index >= 15 is 0 Å². The normalized spacial score (nSPS) is 10.4. The maximum Gasteiger partial charge on any atom is 0.325 e. The molecule has 0 unspecified atom stereocenters. The number of aryl methyl sites for hydroxylation is 2. The molecule has 0 fully saturated rings. The van der Waals surface area contributed by atoms with Gasteiger partial charge >= 0.3 is 5.97 Å². The number of carbonyl (C=O) groups is 1. The van der Waals surface area contributed by atoms with Crippen molar-refractivity contribution in [2.45, 2.75) is 19.5 Å². The number of aliphatic carboxylic acids is 1. The zero-order chi connectivity index (χ0) is 13.0. The van der Waals surface area contributed by atoms with Crippen molar-refractivity contribution < 1.29 is 9.90 Å². The zero-order valence-corrected chi connectivity index (χ0v) is 9.43. The van der Waals surface area contributed by atoms with Crippen LogP contribution in [0.2, 0.25) is 0 Å². The molecule has 0 bridgehead atoms. The molecule has 1 N–H and O–H groups in total. The Morgan fingerprint density at radius 3 is 2.94 bits per heavy atom. The molecule has 8 nitrogen and oxygen atoms in total. The highest BCUT2D eigenvalue weighted by atomic mass is 16.4. The van der Waals surface area contributed by atoms with Gasteiger partial charge in [0.05, 0.1) is 0 Å². The number of hydrogen-bond donors (Lipinski definition) is 1. The summed E-state index contributed by atoms with van der Waals surface area (Å²) in [4.78, 5) is 22.0. The molecule has 8 heteroatoms. The third-order valence-electron chi connectivity index (χ3n) is 2.37. The van der Waals surface area contributed by atoms with Crippen molar-refractivity contribution in [3.63, 3.8) is 0 Å². The van der Waals surface area contributed by atoms with Crippen molar-refractivity contribution in [1.82, 2.24) is 24.8 Å². The Kier molecular flexibility index (Phi) is 3.46. The van der Waals surface area contributed by atoms with Crippen LogP contribution in [0.4, 0.5) is 0 Å². The molecule has 94 valence electrons. The molecule has 0 aliphatic rings. The quantitative estimate of drug-likeness (QED) is 0.741. The highest BCUT2D eigenvalue weighted by Crippen LogP contribution is 1.96. The largest absolute Gasteiger partial charge is 0.480 e. The average Bonchev–Trinajstić information content (AvgIpc) is 2.75. The molecule has 0 radical (unpaired) electrons. The maximum absolute atomic E-state index is 11.5. The fourth-order valence-electron chi connectivity index (χ4n) is 1.52. The number of rotatable bonds is 5. The average molecular weight is 249 g/mol. The predicted octanol–water partition coefficient (Wildman–Crippen LogP) is -0.838. The molecular formula is C10H11N5O3. The second kappa shape index (κ2) is 5.21. The lowest BCUT2D eigenvalue weighted by atomic mass is 10.3. The fraction of sp³-hybridized carbons (Fsp3) is 0.300. The molecule has 2 rings (SSSR count). The van der Waals surface area contributed by atoms with Gasteiger partial charge in [0.15, 0.2) is 5.82 Å². The van der Waals surface area contributed by atoms with Crippen LogP contribution in [0, 0.1) is 0 Å². The minimum absolute atomic E-state index is 0.116. The molecule has 0 aromatic carbocycles. The molecular weight excluding hydrogens is 238 g/mol. The summed E-state index contributed by atoms with van der Waals surface area (Å²) in [5.41, 5.74) is -0.116. The van der Waals surface area contributed by atoms with E-state index in [0.717, 1.165) is 0 Å². The first-order valence-electron chi connectivity index (χ1n) is 5.29. The maximum atomic E-state index is 11.5. The second-order valence-corrected chi connectivity index (χ2v) is 3.63. The summed E-state index contributed by atoms with van der Waals surface area (Å²) in [6.45, 7) is 0.117. The van der Waals surface area contributed by atoms with Crippen molar-refractivity contribution in [1.29, 1.82) is 0 Å². The lowest BCUT2D eigenvalue weighted by Gasteiger charge is -2.04. The van der Waals surface area contributed by atoms with E-state index in [1.54, 1.807) is 18.3 Å². The third kappa shape index (κ3) is 2.78. The first-order valence-corrected chi connectivity index (χ1v) is 5.29. The minimum atomic E-state index is -1.01. The zero-order valence-electron chi connectivity index (χ0n) is 9.43. The Balaban J connectivity index is 2.07. The van der Waals surface area contributed by atoms with Crippen LogP contribution in [-0.4, -0.2) is 35.9 Å². The minimum Gasteiger partial charge on any atom is -0.480 e. The number of aromatic nitrogens is 5. The van der Waals surface area contributed by atoms with Crippen LogP contribution >= 0.6 is 0 Å².